The van der Waals surface area contributed by atoms with Gasteiger partial charge in [-0.3, -0.25) is 9.59 Å². The molecule has 142 valence electrons. The number of benzene rings is 2. The number of hydrogen-bond acceptors (Lipinski definition) is 4. The van der Waals surface area contributed by atoms with E-state index in [4.69, 9.17) is 9.47 Å². The van der Waals surface area contributed by atoms with Crippen molar-refractivity contribution in [2.24, 2.45) is 5.92 Å². The van der Waals surface area contributed by atoms with E-state index in [9.17, 15) is 14.0 Å². The Bertz CT molecular complexity index is 816. The van der Waals surface area contributed by atoms with Gasteiger partial charge in [-0.25, -0.2) is 4.39 Å². The summed E-state index contributed by atoms with van der Waals surface area (Å²) in [6.45, 7) is 0.841. The molecule has 7 heteroatoms. The Kier molecular flexibility index (Phi) is 5.59. The van der Waals surface area contributed by atoms with Crippen molar-refractivity contribution >= 4 is 17.5 Å². The molecule has 2 amide bonds. The largest absolute Gasteiger partial charge is 0.497 e. The van der Waals surface area contributed by atoms with Gasteiger partial charge in [0.15, 0.2) is 0 Å². The summed E-state index contributed by atoms with van der Waals surface area (Å²) in [5.74, 6) is 0.391. The van der Waals surface area contributed by atoms with Gasteiger partial charge in [-0.2, -0.15) is 0 Å². The zero-order valence-electron chi connectivity index (χ0n) is 15.2. The molecule has 27 heavy (non-hydrogen) atoms. The lowest BCUT2D eigenvalue weighted by molar-refractivity contribution is -0.117. The summed E-state index contributed by atoms with van der Waals surface area (Å²) in [6.07, 6.45) is 0.332. The van der Waals surface area contributed by atoms with Crippen LogP contribution in [0.2, 0.25) is 0 Å². The number of carbonyl (C=O) groups is 2. The molecule has 0 radical (unpaired) electrons. The first-order chi connectivity index (χ1) is 13.0. The SMILES string of the molecule is COc1cc(OC)cc(C(=O)NC[C@H]2CC(=O)N(c3ccc(F)cc3)C2)c1. The minimum absolute atomic E-state index is 0.0148. The second-order valence-electron chi connectivity index (χ2n) is 6.36. The molecule has 1 heterocycles. The summed E-state index contributed by atoms with van der Waals surface area (Å²) in [6, 6.07) is 10.8. The third-order valence-electron chi connectivity index (χ3n) is 4.51. The highest BCUT2D eigenvalue weighted by molar-refractivity contribution is 5.96. The van der Waals surface area contributed by atoms with Gasteiger partial charge in [0, 0.05) is 42.7 Å². The third-order valence-corrected chi connectivity index (χ3v) is 4.51. The Labute approximate surface area is 156 Å². The zero-order valence-corrected chi connectivity index (χ0v) is 15.2. The van der Waals surface area contributed by atoms with Crippen LogP contribution in [0.4, 0.5) is 10.1 Å². The maximum absolute atomic E-state index is 13.1. The molecule has 1 fully saturated rings. The number of nitrogens with one attached hydrogen (secondary N) is 1. The lowest BCUT2D eigenvalue weighted by Crippen LogP contribution is -2.31. The van der Waals surface area contributed by atoms with Crippen LogP contribution in [-0.4, -0.2) is 39.1 Å². The molecule has 1 aliphatic heterocycles. The first kappa shape index (κ1) is 18.7. The Morgan fingerprint density at radius 3 is 2.37 bits per heavy atom. The minimum Gasteiger partial charge on any atom is -0.497 e. The average Bonchev–Trinajstić information content (AvgIpc) is 3.06. The van der Waals surface area contributed by atoms with E-state index in [0.29, 0.717) is 42.3 Å². The lowest BCUT2D eigenvalue weighted by Gasteiger charge is -2.17. The van der Waals surface area contributed by atoms with Gasteiger partial charge in [0.25, 0.3) is 5.91 Å². The van der Waals surface area contributed by atoms with Crippen molar-refractivity contribution in [2.75, 3.05) is 32.2 Å². The van der Waals surface area contributed by atoms with E-state index >= 15 is 0 Å². The first-order valence-corrected chi connectivity index (χ1v) is 8.57. The normalized spacial score (nSPS) is 16.3. The number of nitrogens with zero attached hydrogens (tertiary/aromatic N) is 1. The molecule has 1 aliphatic rings. The molecule has 0 saturated carbocycles. The van der Waals surface area contributed by atoms with E-state index in [1.165, 1.54) is 26.4 Å². The van der Waals surface area contributed by atoms with Crippen molar-refractivity contribution in [1.82, 2.24) is 5.32 Å². The van der Waals surface area contributed by atoms with Crippen LogP contribution in [0.3, 0.4) is 0 Å². The number of methoxy groups -OCH3 is 2. The Morgan fingerprint density at radius 1 is 1.15 bits per heavy atom. The number of amides is 2. The fourth-order valence-electron chi connectivity index (χ4n) is 3.07. The molecule has 0 aliphatic carbocycles. The summed E-state index contributed by atoms with van der Waals surface area (Å²) in [7, 11) is 3.04. The fourth-order valence-corrected chi connectivity index (χ4v) is 3.07. The van der Waals surface area contributed by atoms with Gasteiger partial charge in [0.2, 0.25) is 5.91 Å². The van der Waals surface area contributed by atoms with E-state index in [-0.39, 0.29) is 23.5 Å². The average molecular weight is 372 g/mol. The molecule has 2 aromatic carbocycles. The number of hydrogen-bond donors (Lipinski definition) is 1. The fraction of sp³-hybridized carbons (Fsp3) is 0.300. The molecular weight excluding hydrogens is 351 g/mol. The Hall–Kier alpha value is -3.09. The lowest BCUT2D eigenvalue weighted by atomic mass is 10.1. The van der Waals surface area contributed by atoms with Crippen molar-refractivity contribution in [3.8, 4) is 11.5 Å². The highest BCUT2D eigenvalue weighted by atomic mass is 19.1. The van der Waals surface area contributed by atoms with Crippen LogP contribution < -0.4 is 19.7 Å². The summed E-state index contributed by atoms with van der Waals surface area (Å²) >= 11 is 0. The zero-order chi connectivity index (χ0) is 19.4. The van der Waals surface area contributed by atoms with E-state index in [0.717, 1.165) is 0 Å². The highest BCUT2D eigenvalue weighted by Crippen LogP contribution is 2.25. The van der Waals surface area contributed by atoms with Crippen LogP contribution in [-0.2, 0) is 4.79 Å². The molecular formula is C20H21FN2O4. The van der Waals surface area contributed by atoms with Crippen LogP contribution in [0.5, 0.6) is 11.5 Å². The Balaban J connectivity index is 1.61. The van der Waals surface area contributed by atoms with Crippen LogP contribution in [0.25, 0.3) is 0 Å². The van der Waals surface area contributed by atoms with Crippen LogP contribution in [0, 0.1) is 11.7 Å². The maximum atomic E-state index is 13.1. The van der Waals surface area contributed by atoms with Crippen molar-refractivity contribution in [1.29, 1.82) is 0 Å². The van der Waals surface area contributed by atoms with Crippen molar-refractivity contribution in [3.63, 3.8) is 0 Å². The predicted molar refractivity (Wildman–Crippen MR) is 98.7 cm³/mol. The minimum atomic E-state index is -0.345. The molecule has 2 aromatic rings. The molecule has 0 bridgehead atoms. The van der Waals surface area contributed by atoms with Crippen molar-refractivity contribution in [3.05, 3.63) is 53.8 Å². The smallest absolute Gasteiger partial charge is 0.251 e. The van der Waals surface area contributed by atoms with Gasteiger partial charge in [-0.05, 0) is 36.4 Å². The van der Waals surface area contributed by atoms with Crippen LogP contribution >= 0.6 is 0 Å². The summed E-state index contributed by atoms with van der Waals surface area (Å²) in [5, 5.41) is 2.86. The molecule has 0 unspecified atom stereocenters. The molecule has 0 spiro atoms. The molecule has 6 nitrogen and oxygen atoms in total. The van der Waals surface area contributed by atoms with Gasteiger partial charge in [-0.15, -0.1) is 0 Å². The van der Waals surface area contributed by atoms with E-state index in [1.54, 1.807) is 35.2 Å². The summed E-state index contributed by atoms with van der Waals surface area (Å²) < 4.78 is 23.4. The highest BCUT2D eigenvalue weighted by Gasteiger charge is 2.30. The quantitative estimate of drug-likeness (QED) is 0.847. The standard InChI is InChI=1S/C20H21FN2O4/c1-26-17-8-14(9-18(10-17)27-2)20(25)22-11-13-7-19(24)23(12-13)16-5-3-15(21)4-6-16/h3-6,8-10,13H,7,11-12H2,1-2H3,(H,22,25)/t13-/m1/s1. The van der Waals surface area contributed by atoms with E-state index in [2.05, 4.69) is 5.32 Å². The number of anilines is 1. The van der Waals surface area contributed by atoms with E-state index in [1.807, 2.05) is 0 Å². The van der Waals surface area contributed by atoms with Gasteiger partial charge >= 0.3 is 0 Å². The molecule has 1 saturated heterocycles. The summed E-state index contributed by atoms with van der Waals surface area (Å²) in [4.78, 5) is 26.3. The number of carbonyl (C=O) groups excluding carboxylic acids is 2. The Morgan fingerprint density at radius 2 is 1.78 bits per heavy atom. The van der Waals surface area contributed by atoms with Gasteiger partial charge in [0.1, 0.15) is 17.3 Å². The molecule has 1 N–H and O–H groups in total. The molecule has 3 rings (SSSR count). The first-order valence-electron chi connectivity index (χ1n) is 8.57. The van der Waals surface area contributed by atoms with Crippen molar-refractivity contribution < 1.29 is 23.5 Å². The maximum Gasteiger partial charge on any atom is 0.251 e. The number of ether oxygens (including phenoxy) is 2. The third kappa shape index (κ3) is 4.36. The van der Waals surface area contributed by atoms with Gasteiger partial charge < -0.3 is 19.7 Å². The second-order valence-corrected chi connectivity index (χ2v) is 6.36. The van der Waals surface area contributed by atoms with Crippen LogP contribution in [0.1, 0.15) is 16.8 Å². The van der Waals surface area contributed by atoms with E-state index < -0.39 is 0 Å². The number of rotatable bonds is 6. The monoisotopic (exact) mass is 372 g/mol. The van der Waals surface area contributed by atoms with Crippen molar-refractivity contribution in [2.45, 2.75) is 6.42 Å². The predicted octanol–water partition coefficient (Wildman–Crippen LogP) is 2.63. The van der Waals surface area contributed by atoms with Crippen LogP contribution in [0.15, 0.2) is 42.5 Å². The van der Waals surface area contributed by atoms with Gasteiger partial charge in [0.05, 0.1) is 14.2 Å². The summed E-state index contributed by atoms with van der Waals surface area (Å²) in [5.41, 5.74) is 1.08. The molecule has 1 atom stereocenters. The second kappa shape index (κ2) is 8.07. The van der Waals surface area contributed by atoms with Gasteiger partial charge in [-0.1, -0.05) is 0 Å². The topological polar surface area (TPSA) is 67.9 Å². The number of halogens is 1. The molecule has 0 aromatic heterocycles.